The van der Waals surface area contributed by atoms with Crippen LogP contribution in [-0.2, 0) is 4.79 Å². The molecule has 6 heteroatoms. The molecule has 0 aliphatic carbocycles. The number of hydrogen-bond donors (Lipinski definition) is 1. The molecule has 0 aliphatic rings. The Kier molecular flexibility index (Phi) is 6.74. The number of fused-ring (bicyclic) bond motifs is 1. The number of allylic oxidation sites excluding steroid dienone is 1. The van der Waals surface area contributed by atoms with E-state index in [1.54, 1.807) is 31.6 Å². The highest BCUT2D eigenvalue weighted by Crippen LogP contribution is 2.41. The maximum absolute atomic E-state index is 12.8. The fourth-order valence-electron chi connectivity index (χ4n) is 4.24. The number of rotatable bonds is 5. The number of halogens is 2. The average molecular weight is 494 g/mol. The van der Waals surface area contributed by atoms with Gasteiger partial charge in [0.25, 0.3) is 0 Å². The van der Waals surface area contributed by atoms with Gasteiger partial charge < -0.3 is 14.5 Å². The van der Waals surface area contributed by atoms with E-state index < -0.39 is 0 Å². The van der Waals surface area contributed by atoms with Crippen LogP contribution in [0.5, 0.6) is 5.75 Å². The van der Waals surface area contributed by atoms with Gasteiger partial charge in [-0.25, -0.2) is 0 Å². The Bertz CT molecular complexity index is 1450. The summed E-state index contributed by atoms with van der Waals surface area (Å²) in [5.41, 5.74) is 8.12. The molecule has 0 fully saturated rings. The molecule has 1 heterocycles. The second-order valence-electron chi connectivity index (χ2n) is 8.34. The van der Waals surface area contributed by atoms with E-state index in [0.29, 0.717) is 21.5 Å². The van der Waals surface area contributed by atoms with Crippen molar-refractivity contribution in [3.63, 3.8) is 0 Å². The van der Waals surface area contributed by atoms with Gasteiger partial charge in [-0.2, -0.15) is 0 Å². The topological polar surface area (TPSA) is 51.5 Å². The number of benzene rings is 3. The first-order chi connectivity index (χ1) is 16.2. The molecule has 4 nitrogen and oxygen atoms in total. The average Bonchev–Trinajstić information content (AvgIpc) is 3.21. The van der Waals surface area contributed by atoms with Crippen molar-refractivity contribution >= 4 is 51.3 Å². The number of furan rings is 1. The fraction of sp³-hybridized carbons (Fsp3) is 0.179. The lowest BCUT2D eigenvalue weighted by molar-refractivity contribution is -0.111. The van der Waals surface area contributed by atoms with Crippen molar-refractivity contribution in [2.75, 3.05) is 12.4 Å². The SMILES string of the molecule is COc1c(/C(C)=C/C(=O)Nc2cccc(Cl)c2Cl)cc2c(-c3ccc(C)cc3C)coc2c1C. The van der Waals surface area contributed by atoms with Crippen molar-refractivity contribution in [1.82, 2.24) is 0 Å². The number of hydrogen-bond acceptors (Lipinski definition) is 3. The first-order valence-electron chi connectivity index (χ1n) is 10.8. The van der Waals surface area contributed by atoms with E-state index in [2.05, 4.69) is 37.4 Å². The first-order valence-corrected chi connectivity index (χ1v) is 11.6. The van der Waals surface area contributed by atoms with Gasteiger partial charge in [0.15, 0.2) is 0 Å². The highest BCUT2D eigenvalue weighted by atomic mass is 35.5. The minimum Gasteiger partial charge on any atom is -0.496 e. The second kappa shape index (κ2) is 9.57. The number of nitrogens with one attached hydrogen (secondary N) is 1. The molecule has 3 aromatic carbocycles. The van der Waals surface area contributed by atoms with Crippen LogP contribution >= 0.6 is 23.2 Å². The molecule has 1 amide bonds. The Morgan fingerprint density at radius 2 is 1.82 bits per heavy atom. The predicted octanol–water partition coefficient (Wildman–Crippen LogP) is 8.38. The molecule has 0 unspecified atom stereocenters. The van der Waals surface area contributed by atoms with Crippen molar-refractivity contribution in [2.24, 2.45) is 0 Å². The van der Waals surface area contributed by atoms with Crippen molar-refractivity contribution in [3.05, 3.63) is 87.1 Å². The van der Waals surface area contributed by atoms with E-state index in [0.717, 1.165) is 38.8 Å². The maximum atomic E-state index is 12.8. The Balaban J connectivity index is 1.79. The quantitative estimate of drug-likeness (QED) is 0.284. The Labute approximate surface area is 209 Å². The summed E-state index contributed by atoms with van der Waals surface area (Å²) in [5.74, 6) is 0.347. The molecule has 0 saturated heterocycles. The molecule has 0 bridgehead atoms. The summed E-state index contributed by atoms with van der Waals surface area (Å²) in [6.45, 7) is 8.00. The predicted molar refractivity (Wildman–Crippen MR) is 141 cm³/mol. The monoisotopic (exact) mass is 493 g/mol. The molecule has 34 heavy (non-hydrogen) atoms. The Morgan fingerprint density at radius 3 is 2.53 bits per heavy atom. The fourth-order valence-corrected chi connectivity index (χ4v) is 4.59. The van der Waals surface area contributed by atoms with Gasteiger partial charge in [-0.05, 0) is 62.6 Å². The van der Waals surface area contributed by atoms with E-state index in [9.17, 15) is 4.79 Å². The smallest absolute Gasteiger partial charge is 0.248 e. The van der Waals surface area contributed by atoms with E-state index in [1.807, 2.05) is 19.9 Å². The van der Waals surface area contributed by atoms with Gasteiger partial charge in [0.2, 0.25) is 5.91 Å². The van der Waals surface area contributed by atoms with Crippen molar-refractivity contribution in [2.45, 2.75) is 27.7 Å². The first kappa shape index (κ1) is 23.9. The third kappa shape index (κ3) is 4.44. The zero-order chi connectivity index (χ0) is 24.6. The Hall–Kier alpha value is -3.21. The lowest BCUT2D eigenvalue weighted by atomic mass is 9.94. The van der Waals surface area contributed by atoms with Crippen LogP contribution in [0.2, 0.25) is 10.0 Å². The molecule has 4 aromatic rings. The summed E-state index contributed by atoms with van der Waals surface area (Å²) in [6, 6.07) is 13.5. The van der Waals surface area contributed by atoms with Gasteiger partial charge in [0, 0.05) is 28.2 Å². The van der Waals surface area contributed by atoms with Crippen LogP contribution in [0, 0.1) is 20.8 Å². The number of carbonyl (C=O) groups excluding carboxylic acids is 1. The van der Waals surface area contributed by atoms with Gasteiger partial charge in [-0.1, -0.05) is 53.0 Å². The molecule has 0 radical (unpaired) electrons. The van der Waals surface area contributed by atoms with Crippen LogP contribution in [0.4, 0.5) is 5.69 Å². The number of ether oxygens (including phenoxy) is 1. The summed E-state index contributed by atoms with van der Waals surface area (Å²) in [7, 11) is 1.62. The summed E-state index contributed by atoms with van der Waals surface area (Å²) >= 11 is 12.3. The number of anilines is 1. The lowest BCUT2D eigenvalue weighted by Gasteiger charge is -2.14. The highest BCUT2D eigenvalue weighted by Gasteiger charge is 2.19. The van der Waals surface area contributed by atoms with Gasteiger partial charge in [-0.3, -0.25) is 4.79 Å². The van der Waals surface area contributed by atoms with Crippen LogP contribution in [0.1, 0.15) is 29.2 Å². The van der Waals surface area contributed by atoms with Crippen LogP contribution in [0.3, 0.4) is 0 Å². The second-order valence-corrected chi connectivity index (χ2v) is 9.13. The van der Waals surface area contributed by atoms with Gasteiger partial charge in [0.05, 0.1) is 29.1 Å². The van der Waals surface area contributed by atoms with Gasteiger partial charge >= 0.3 is 0 Å². The molecule has 1 aromatic heterocycles. The van der Waals surface area contributed by atoms with E-state index in [1.165, 1.54) is 17.2 Å². The number of methoxy groups -OCH3 is 1. The number of carbonyl (C=O) groups is 1. The van der Waals surface area contributed by atoms with Gasteiger partial charge in [0.1, 0.15) is 11.3 Å². The molecule has 1 N–H and O–H groups in total. The standard InChI is InChI=1S/C28H25Cl2NO3/c1-15-9-10-19(16(2)11-15)22-14-34-28-18(4)27(33-5)20(13-21(22)28)17(3)12-25(32)31-24-8-6-7-23(29)26(24)30/h6-14H,1-5H3,(H,31,32)/b17-12+. The molecule has 174 valence electrons. The summed E-state index contributed by atoms with van der Waals surface area (Å²) in [5, 5.41) is 4.44. The molecular formula is C28H25Cl2NO3. The third-order valence-electron chi connectivity index (χ3n) is 5.90. The zero-order valence-electron chi connectivity index (χ0n) is 19.7. The highest BCUT2D eigenvalue weighted by molar-refractivity contribution is 6.44. The summed E-state index contributed by atoms with van der Waals surface area (Å²) in [6.07, 6.45) is 3.31. The molecule has 0 aliphatic heterocycles. The van der Waals surface area contributed by atoms with Gasteiger partial charge in [-0.15, -0.1) is 0 Å². The molecular weight excluding hydrogens is 469 g/mol. The lowest BCUT2D eigenvalue weighted by Crippen LogP contribution is -2.09. The molecule has 0 atom stereocenters. The van der Waals surface area contributed by atoms with E-state index in [4.69, 9.17) is 32.4 Å². The third-order valence-corrected chi connectivity index (χ3v) is 6.72. The van der Waals surface area contributed by atoms with Crippen molar-refractivity contribution in [3.8, 4) is 16.9 Å². The molecule has 0 saturated carbocycles. The van der Waals surface area contributed by atoms with Crippen LogP contribution < -0.4 is 10.1 Å². The van der Waals surface area contributed by atoms with E-state index >= 15 is 0 Å². The van der Waals surface area contributed by atoms with Crippen molar-refractivity contribution < 1.29 is 13.9 Å². The zero-order valence-corrected chi connectivity index (χ0v) is 21.2. The van der Waals surface area contributed by atoms with Crippen LogP contribution in [0.25, 0.3) is 27.7 Å². The normalized spacial score (nSPS) is 11.7. The maximum Gasteiger partial charge on any atom is 0.248 e. The van der Waals surface area contributed by atoms with Crippen LogP contribution in [0.15, 0.2) is 59.2 Å². The minimum absolute atomic E-state index is 0.301. The molecule has 4 rings (SSSR count). The van der Waals surface area contributed by atoms with E-state index in [-0.39, 0.29) is 5.91 Å². The summed E-state index contributed by atoms with van der Waals surface area (Å²) in [4.78, 5) is 12.8. The summed E-state index contributed by atoms with van der Waals surface area (Å²) < 4.78 is 11.7. The molecule has 0 spiro atoms. The minimum atomic E-state index is -0.316. The largest absolute Gasteiger partial charge is 0.496 e. The Morgan fingerprint density at radius 1 is 1.06 bits per heavy atom. The number of amides is 1. The number of aryl methyl sites for hydroxylation is 3. The van der Waals surface area contributed by atoms with Crippen LogP contribution in [-0.4, -0.2) is 13.0 Å². The van der Waals surface area contributed by atoms with Crippen molar-refractivity contribution in [1.29, 1.82) is 0 Å².